The second-order valence-corrected chi connectivity index (χ2v) is 6.79. The average Bonchev–Trinajstić information content (AvgIpc) is 3.09. The fourth-order valence-electron chi connectivity index (χ4n) is 2.43. The van der Waals surface area contributed by atoms with Crippen molar-refractivity contribution < 1.29 is 14.3 Å². The summed E-state index contributed by atoms with van der Waals surface area (Å²) in [6, 6.07) is 5.68. The van der Waals surface area contributed by atoms with E-state index in [1.54, 1.807) is 25.6 Å². The Labute approximate surface area is 167 Å². The fourth-order valence-corrected chi connectivity index (χ4v) is 3.42. The summed E-state index contributed by atoms with van der Waals surface area (Å²) >= 11 is 1.53. The highest BCUT2D eigenvalue weighted by Crippen LogP contribution is 2.28. The molecule has 8 nitrogen and oxygen atoms in total. The number of hydrogen-bond donors (Lipinski definition) is 0. The Balaban J connectivity index is 1.82. The Kier molecular flexibility index (Phi) is 6.62. The molecule has 9 heteroatoms. The molecule has 3 aromatic heterocycles. The summed E-state index contributed by atoms with van der Waals surface area (Å²) in [5.74, 6) is 0.417. The molecular formula is C19H21N5O3S. The maximum atomic E-state index is 5.46. The number of thiazole rings is 1. The minimum atomic E-state index is 0.104. The van der Waals surface area contributed by atoms with Crippen molar-refractivity contribution in [2.45, 2.75) is 27.4 Å². The van der Waals surface area contributed by atoms with Gasteiger partial charge in [-0.05, 0) is 32.9 Å². The van der Waals surface area contributed by atoms with Crippen molar-refractivity contribution in [2.75, 3.05) is 13.7 Å². The van der Waals surface area contributed by atoms with Gasteiger partial charge in [0, 0.05) is 31.1 Å². The molecule has 0 aliphatic rings. The number of pyridine rings is 1. The molecule has 0 spiro atoms. The summed E-state index contributed by atoms with van der Waals surface area (Å²) in [5, 5.41) is 5.07. The quantitative estimate of drug-likeness (QED) is 0.422. The molecule has 0 atom stereocenters. The van der Waals surface area contributed by atoms with E-state index in [0.29, 0.717) is 30.5 Å². The fraction of sp³-hybridized carbons (Fsp3) is 0.316. The lowest BCUT2D eigenvalue weighted by Gasteiger charge is -2.06. The lowest BCUT2D eigenvalue weighted by atomic mass is 10.3. The molecule has 0 aliphatic carbocycles. The largest absolute Gasteiger partial charge is 0.478 e. The van der Waals surface area contributed by atoms with Crippen LogP contribution >= 0.6 is 11.3 Å². The normalized spacial score (nSPS) is 11.5. The first kappa shape index (κ1) is 19.8. The molecular weight excluding hydrogens is 378 g/mol. The van der Waals surface area contributed by atoms with Crippen LogP contribution in [0.4, 0.5) is 0 Å². The number of rotatable bonds is 8. The van der Waals surface area contributed by atoms with Crippen LogP contribution in [0.3, 0.4) is 0 Å². The lowest BCUT2D eigenvalue weighted by molar-refractivity contribution is 0.178. The van der Waals surface area contributed by atoms with Gasteiger partial charge in [-0.2, -0.15) is 9.97 Å². The van der Waals surface area contributed by atoms with Crippen molar-refractivity contribution in [2.24, 2.45) is 5.16 Å². The van der Waals surface area contributed by atoms with E-state index in [9.17, 15) is 0 Å². The molecule has 0 unspecified atom stereocenters. The van der Waals surface area contributed by atoms with Gasteiger partial charge in [0.25, 0.3) is 0 Å². The third kappa shape index (κ3) is 4.87. The van der Waals surface area contributed by atoms with Crippen LogP contribution in [0.5, 0.6) is 11.9 Å². The van der Waals surface area contributed by atoms with Crippen LogP contribution in [0.25, 0.3) is 10.6 Å². The maximum absolute atomic E-state index is 5.46. The molecule has 0 saturated carbocycles. The molecule has 3 rings (SSSR count). The summed E-state index contributed by atoms with van der Waals surface area (Å²) in [5.41, 5.74) is 3.17. The Bertz CT molecular complexity index is 935. The number of hydrogen-bond acceptors (Lipinski definition) is 9. The molecule has 146 valence electrons. The molecule has 28 heavy (non-hydrogen) atoms. The van der Waals surface area contributed by atoms with E-state index in [1.807, 2.05) is 32.9 Å². The van der Waals surface area contributed by atoms with Crippen LogP contribution in [0.2, 0.25) is 0 Å². The Morgan fingerprint density at radius 2 is 2.11 bits per heavy atom. The SMILES string of the molecule is CCOc1cc(COC)nc(ON=C(C)c2sc(-c3cccnc3)nc2C)n1. The molecule has 0 saturated heterocycles. The number of oxime groups is 1. The zero-order chi connectivity index (χ0) is 19.9. The second-order valence-electron chi connectivity index (χ2n) is 5.79. The van der Waals surface area contributed by atoms with Crippen molar-refractivity contribution in [3.8, 4) is 22.5 Å². The highest BCUT2D eigenvalue weighted by Gasteiger charge is 2.13. The summed E-state index contributed by atoms with van der Waals surface area (Å²) in [6.07, 6.45) is 3.52. The number of aryl methyl sites for hydroxylation is 1. The van der Waals surface area contributed by atoms with Crippen LogP contribution < -0.4 is 9.57 Å². The first-order chi connectivity index (χ1) is 13.6. The maximum Gasteiger partial charge on any atom is 0.349 e. The summed E-state index contributed by atoms with van der Waals surface area (Å²) < 4.78 is 10.6. The zero-order valence-electron chi connectivity index (χ0n) is 16.2. The third-order valence-electron chi connectivity index (χ3n) is 3.62. The van der Waals surface area contributed by atoms with Crippen LogP contribution in [-0.4, -0.2) is 39.4 Å². The predicted octanol–water partition coefficient (Wildman–Crippen LogP) is 3.65. The number of ether oxygens (including phenoxy) is 2. The van der Waals surface area contributed by atoms with Gasteiger partial charge in [-0.3, -0.25) is 4.98 Å². The summed E-state index contributed by atoms with van der Waals surface area (Å²) in [4.78, 5) is 23.6. The van der Waals surface area contributed by atoms with Gasteiger partial charge in [-0.1, -0.05) is 5.16 Å². The van der Waals surface area contributed by atoms with E-state index in [2.05, 4.69) is 25.1 Å². The first-order valence-electron chi connectivity index (χ1n) is 8.70. The average molecular weight is 399 g/mol. The van der Waals surface area contributed by atoms with Crippen LogP contribution in [0.1, 0.15) is 30.1 Å². The lowest BCUT2D eigenvalue weighted by Crippen LogP contribution is -2.04. The molecule has 0 amide bonds. The molecule has 0 aromatic carbocycles. The minimum Gasteiger partial charge on any atom is -0.478 e. The smallest absolute Gasteiger partial charge is 0.349 e. The number of methoxy groups -OCH3 is 1. The third-order valence-corrected chi connectivity index (χ3v) is 4.93. The molecule has 0 bridgehead atoms. The summed E-state index contributed by atoms with van der Waals surface area (Å²) in [7, 11) is 1.59. The van der Waals surface area contributed by atoms with E-state index in [-0.39, 0.29) is 6.01 Å². The Hall–Kier alpha value is -2.91. The van der Waals surface area contributed by atoms with Gasteiger partial charge in [0.1, 0.15) is 5.01 Å². The predicted molar refractivity (Wildman–Crippen MR) is 107 cm³/mol. The van der Waals surface area contributed by atoms with Gasteiger partial charge in [0.2, 0.25) is 5.88 Å². The minimum absolute atomic E-state index is 0.104. The Morgan fingerprint density at radius 3 is 2.82 bits per heavy atom. The van der Waals surface area contributed by atoms with E-state index in [4.69, 9.17) is 14.3 Å². The van der Waals surface area contributed by atoms with Crippen LogP contribution in [-0.2, 0) is 11.3 Å². The van der Waals surface area contributed by atoms with Crippen molar-refractivity contribution in [3.63, 3.8) is 0 Å². The van der Waals surface area contributed by atoms with E-state index in [0.717, 1.165) is 21.1 Å². The van der Waals surface area contributed by atoms with Crippen molar-refractivity contribution in [3.05, 3.63) is 46.9 Å². The molecule has 0 N–H and O–H groups in total. The molecule has 0 aliphatic heterocycles. The molecule has 3 heterocycles. The second kappa shape index (κ2) is 9.34. The van der Waals surface area contributed by atoms with Gasteiger partial charge in [0.15, 0.2) is 0 Å². The van der Waals surface area contributed by atoms with E-state index in [1.165, 1.54) is 11.3 Å². The van der Waals surface area contributed by atoms with Crippen LogP contribution in [0.15, 0.2) is 35.7 Å². The highest BCUT2D eigenvalue weighted by molar-refractivity contribution is 7.17. The zero-order valence-corrected chi connectivity index (χ0v) is 17.0. The molecule has 0 fully saturated rings. The topological polar surface area (TPSA) is 91.6 Å². The molecule has 0 radical (unpaired) electrons. The number of aromatic nitrogens is 4. The molecule has 3 aromatic rings. The van der Waals surface area contributed by atoms with Crippen molar-refractivity contribution in [1.82, 2.24) is 19.9 Å². The van der Waals surface area contributed by atoms with Crippen molar-refractivity contribution in [1.29, 1.82) is 0 Å². The van der Waals surface area contributed by atoms with Crippen molar-refractivity contribution >= 4 is 17.0 Å². The van der Waals surface area contributed by atoms with Gasteiger partial charge in [-0.25, -0.2) is 4.98 Å². The standard InChI is InChI=1S/C19H21N5O3S/c1-5-26-16-9-15(11-25-4)22-19(23-16)27-24-13(3)17-12(2)21-18(28-17)14-7-6-8-20-10-14/h6-10H,5,11H2,1-4H3. The first-order valence-corrected chi connectivity index (χ1v) is 9.51. The Morgan fingerprint density at radius 1 is 1.25 bits per heavy atom. The monoisotopic (exact) mass is 399 g/mol. The van der Waals surface area contributed by atoms with Gasteiger partial charge in [0.05, 0.1) is 35.2 Å². The highest BCUT2D eigenvalue weighted by atomic mass is 32.1. The van der Waals surface area contributed by atoms with E-state index >= 15 is 0 Å². The number of nitrogens with zero attached hydrogens (tertiary/aromatic N) is 5. The van der Waals surface area contributed by atoms with Gasteiger partial charge >= 0.3 is 6.01 Å². The van der Waals surface area contributed by atoms with E-state index < -0.39 is 0 Å². The summed E-state index contributed by atoms with van der Waals surface area (Å²) in [6.45, 7) is 6.49. The van der Waals surface area contributed by atoms with Crippen LogP contribution in [0, 0.1) is 6.92 Å². The van der Waals surface area contributed by atoms with Gasteiger partial charge < -0.3 is 14.3 Å². The van der Waals surface area contributed by atoms with Gasteiger partial charge in [-0.15, -0.1) is 11.3 Å².